The number of halogens is 5. The minimum atomic E-state index is -1.62. The highest BCUT2D eigenvalue weighted by Gasteiger charge is 2.70. The van der Waals surface area contributed by atoms with E-state index in [0.29, 0.717) is 37.6 Å². The van der Waals surface area contributed by atoms with Gasteiger partial charge in [-0.15, -0.1) is 0 Å². The highest BCUT2D eigenvalue weighted by Crippen LogP contribution is 2.65. The number of hydrazine groups is 1. The molecular formula is C39H28Br3ClFN3O6. The molecule has 9 nitrogen and oxygen atoms in total. The fourth-order valence-corrected chi connectivity index (χ4v) is 10.2. The molecule has 6 atom stereocenters. The lowest BCUT2D eigenvalue weighted by molar-refractivity contribution is -0.138. The third kappa shape index (κ3) is 5.40. The Morgan fingerprint density at radius 1 is 0.887 bits per heavy atom. The topological polar surface area (TPSA) is 116 Å². The fraction of sp³-hybridized carbons (Fsp3) is 0.231. The predicted octanol–water partition coefficient (Wildman–Crippen LogP) is 8.67. The number of hydrogen-bond acceptors (Lipinski definition) is 7. The van der Waals surface area contributed by atoms with Crippen LogP contribution in [0.5, 0.6) is 11.5 Å². The van der Waals surface area contributed by atoms with Gasteiger partial charge in [0.2, 0.25) is 11.8 Å². The van der Waals surface area contributed by atoms with E-state index < -0.39 is 52.6 Å². The molecule has 4 aromatic rings. The normalized spacial score (nSPS) is 26.3. The molecule has 2 saturated heterocycles. The van der Waals surface area contributed by atoms with Crippen molar-refractivity contribution >= 4 is 94.4 Å². The number of benzene rings is 4. The number of ether oxygens (including phenoxy) is 1. The van der Waals surface area contributed by atoms with Crippen LogP contribution in [0.3, 0.4) is 0 Å². The van der Waals surface area contributed by atoms with Gasteiger partial charge in [-0.3, -0.25) is 29.5 Å². The first-order valence-electron chi connectivity index (χ1n) is 16.6. The fourth-order valence-electron chi connectivity index (χ4n) is 8.82. The van der Waals surface area contributed by atoms with E-state index in [1.807, 2.05) is 6.08 Å². The smallest absolute Gasteiger partial charge is 0.260 e. The second-order valence-corrected chi connectivity index (χ2v) is 16.4. The molecule has 6 unspecified atom stereocenters. The number of nitrogens with zero attached hydrogens (tertiary/aromatic N) is 2. The summed E-state index contributed by atoms with van der Waals surface area (Å²) in [6.45, 7) is 0. The van der Waals surface area contributed by atoms with Crippen molar-refractivity contribution in [3.8, 4) is 11.5 Å². The minimum Gasteiger partial charge on any atom is -0.503 e. The minimum absolute atomic E-state index is 0.0690. The van der Waals surface area contributed by atoms with Crippen LogP contribution in [0.4, 0.5) is 15.8 Å². The number of aromatic hydroxyl groups is 1. The van der Waals surface area contributed by atoms with Crippen molar-refractivity contribution in [2.24, 2.45) is 23.7 Å². The van der Waals surface area contributed by atoms with Crippen molar-refractivity contribution < 1.29 is 33.4 Å². The molecule has 270 valence electrons. The van der Waals surface area contributed by atoms with Crippen molar-refractivity contribution in [3.63, 3.8) is 0 Å². The monoisotopic (exact) mass is 925 g/mol. The summed E-state index contributed by atoms with van der Waals surface area (Å²) >= 11 is 17.0. The van der Waals surface area contributed by atoms with Gasteiger partial charge in [-0.25, -0.2) is 4.39 Å². The molecule has 3 fully saturated rings. The number of allylic oxidation sites excluding steroid dienone is 2. The van der Waals surface area contributed by atoms with Gasteiger partial charge in [0.05, 0.1) is 46.1 Å². The number of imide groups is 2. The van der Waals surface area contributed by atoms with E-state index in [1.54, 1.807) is 54.6 Å². The van der Waals surface area contributed by atoms with Gasteiger partial charge in [0.25, 0.3) is 11.8 Å². The Bertz CT molecular complexity index is 2250. The Morgan fingerprint density at radius 2 is 1.57 bits per heavy atom. The Hall–Kier alpha value is -4.04. The zero-order valence-electron chi connectivity index (χ0n) is 27.7. The molecule has 8 rings (SSSR count). The molecule has 4 amide bonds. The Morgan fingerprint density at radius 3 is 2.23 bits per heavy atom. The van der Waals surface area contributed by atoms with Crippen molar-refractivity contribution in [2.75, 3.05) is 17.4 Å². The molecule has 2 aliphatic carbocycles. The van der Waals surface area contributed by atoms with Crippen LogP contribution in [0.1, 0.15) is 29.9 Å². The molecule has 2 aliphatic heterocycles. The molecule has 2 heterocycles. The van der Waals surface area contributed by atoms with E-state index in [0.717, 1.165) is 9.48 Å². The summed E-state index contributed by atoms with van der Waals surface area (Å²) < 4.78 is 21.0. The second kappa shape index (κ2) is 13.4. The van der Waals surface area contributed by atoms with Crippen LogP contribution in [0, 0.1) is 29.5 Å². The zero-order valence-corrected chi connectivity index (χ0v) is 33.2. The number of anilines is 2. The van der Waals surface area contributed by atoms with Crippen LogP contribution in [0.25, 0.3) is 0 Å². The number of phenolic OH excluding ortho intramolecular Hbond substituents is 1. The van der Waals surface area contributed by atoms with E-state index in [2.05, 4.69) is 53.2 Å². The summed E-state index contributed by atoms with van der Waals surface area (Å²) in [6.07, 6.45) is 2.23. The third-order valence-corrected chi connectivity index (χ3v) is 14.0. The molecule has 0 spiro atoms. The van der Waals surface area contributed by atoms with Gasteiger partial charge in [-0.1, -0.05) is 51.3 Å². The van der Waals surface area contributed by atoms with Crippen LogP contribution >= 0.6 is 59.4 Å². The molecule has 53 heavy (non-hydrogen) atoms. The van der Waals surface area contributed by atoms with Gasteiger partial charge in [0.15, 0.2) is 11.5 Å². The number of amides is 4. The van der Waals surface area contributed by atoms with Gasteiger partial charge in [-0.2, -0.15) is 5.01 Å². The van der Waals surface area contributed by atoms with Crippen LogP contribution in [0.15, 0.2) is 104 Å². The zero-order chi connectivity index (χ0) is 37.5. The number of methoxy groups -OCH3 is 1. The van der Waals surface area contributed by atoms with E-state index in [9.17, 15) is 23.9 Å². The first kappa shape index (κ1) is 36.0. The maximum absolute atomic E-state index is 15.4. The average molecular weight is 929 g/mol. The lowest BCUT2D eigenvalue weighted by Crippen LogP contribution is -2.53. The van der Waals surface area contributed by atoms with E-state index in [4.69, 9.17) is 16.3 Å². The van der Waals surface area contributed by atoms with Crippen molar-refractivity contribution in [1.29, 1.82) is 0 Å². The summed E-state index contributed by atoms with van der Waals surface area (Å²) in [4.78, 5) is 60.1. The molecule has 0 aromatic heterocycles. The van der Waals surface area contributed by atoms with Gasteiger partial charge in [0, 0.05) is 19.9 Å². The van der Waals surface area contributed by atoms with E-state index in [1.165, 1.54) is 36.3 Å². The van der Waals surface area contributed by atoms with Crippen LogP contribution in [-0.2, 0) is 24.6 Å². The Kier molecular flexibility index (Phi) is 9.07. The van der Waals surface area contributed by atoms with Crippen LogP contribution < -0.4 is 15.1 Å². The van der Waals surface area contributed by atoms with Crippen molar-refractivity contribution in [2.45, 2.75) is 24.2 Å². The summed E-state index contributed by atoms with van der Waals surface area (Å²) in [6, 6.07) is 20.6. The van der Waals surface area contributed by atoms with Crippen LogP contribution in [-0.4, -0.2) is 40.9 Å². The molecule has 1 saturated carbocycles. The predicted molar refractivity (Wildman–Crippen MR) is 206 cm³/mol. The number of carbonyl (C=O) groups is 4. The molecule has 4 aromatic carbocycles. The largest absolute Gasteiger partial charge is 0.503 e. The average Bonchev–Trinajstić information content (AvgIpc) is 3.53. The highest BCUT2D eigenvalue weighted by atomic mass is 79.9. The number of rotatable bonds is 6. The van der Waals surface area contributed by atoms with Gasteiger partial charge in [-0.05, 0) is 128 Å². The second-order valence-electron chi connectivity index (χ2n) is 13.5. The van der Waals surface area contributed by atoms with Crippen molar-refractivity contribution in [3.05, 3.63) is 126 Å². The Labute approximate surface area is 333 Å². The first-order chi connectivity index (χ1) is 25.4. The summed E-state index contributed by atoms with van der Waals surface area (Å²) in [5.74, 6) is -6.50. The lowest BCUT2D eigenvalue weighted by Gasteiger charge is -2.51. The number of fused-ring (bicyclic) bond motifs is 4. The van der Waals surface area contributed by atoms with E-state index >= 15 is 4.79 Å². The SMILES string of the molecule is COc1cc(C2C3=CCC4C(=O)N(c5ccc(Br)cc5)C(=O)C4C3CC3C(=O)N(Nc4ccc(F)cc4)C(=O)C32c2ccc(Cl)cc2)c(Br)c(Br)c1O. The molecular weight excluding hydrogens is 901 g/mol. The van der Waals surface area contributed by atoms with Crippen molar-refractivity contribution in [1.82, 2.24) is 5.01 Å². The first-order valence-corrected chi connectivity index (χ1v) is 19.4. The maximum atomic E-state index is 15.4. The number of nitrogens with one attached hydrogen (secondary N) is 1. The standard InChI is InChI=1S/C39H28Br3ClFN3O6/c1-53-29-17-27(32(41)33(42)34(29)48)31-24-14-15-25-30(37(51)46(35(25)49)23-12-4-19(40)5-13-23)26(24)16-28-36(50)47(45-22-10-8-21(44)9-11-22)38(52)39(28,31)18-2-6-20(43)7-3-18/h2-14,17,25-26,28,30-31,45,48H,15-16H2,1H3. The van der Waals surface area contributed by atoms with Crippen LogP contribution in [0.2, 0.25) is 5.02 Å². The number of hydrogen-bond donors (Lipinski definition) is 2. The molecule has 0 bridgehead atoms. The number of phenols is 1. The quantitative estimate of drug-likeness (QED) is 0.147. The highest BCUT2D eigenvalue weighted by molar-refractivity contribution is 9.13. The summed E-state index contributed by atoms with van der Waals surface area (Å²) in [5.41, 5.74) is 3.79. The van der Waals surface area contributed by atoms with Gasteiger partial charge < -0.3 is 9.84 Å². The number of carbonyl (C=O) groups excluding carboxylic acids is 4. The van der Waals surface area contributed by atoms with E-state index in [-0.39, 0.29) is 40.6 Å². The molecule has 4 aliphatic rings. The van der Waals surface area contributed by atoms with Gasteiger partial charge >= 0.3 is 0 Å². The summed E-state index contributed by atoms with van der Waals surface area (Å²) in [7, 11) is 1.41. The lowest BCUT2D eigenvalue weighted by atomic mass is 9.49. The maximum Gasteiger partial charge on any atom is 0.260 e. The van der Waals surface area contributed by atoms with Gasteiger partial charge in [0.1, 0.15) is 5.82 Å². The molecule has 2 N–H and O–H groups in total. The Balaban J connectivity index is 1.37. The molecule has 0 radical (unpaired) electrons. The molecule has 14 heteroatoms. The third-order valence-electron chi connectivity index (χ3n) is 11.0. The summed E-state index contributed by atoms with van der Waals surface area (Å²) in [5, 5.41) is 12.4.